The molecule has 21 heavy (non-hydrogen) atoms. The summed E-state index contributed by atoms with van der Waals surface area (Å²) < 4.78 is 17.0. The molecule has 2 aliphatic rings. The van der Waals surface area contributed by atoms with Gasteiger partial charge in [0.1, 0.15) is 6.61 Å². The number of hydrogen-bond donors (Lipinski definition) is 1. The molecular weight excluding hydrogens is 266 g/mol. The van der Waals surface area contributed by atoms with E-state index in [1.54, 1.807) is 7.11 Å². The molecule has 1 atom stereocenters. The molecule has 4 nitrogen and oxygen atoms in total. The average Bonchev–Trinajstić information content (AvgIpc) is 3.36. The zero-order valence-corrected chi connectivity index (χ0v) is 12.8. The van der Waals surface area contributed by atoms with Crippen LogP contribution in [0.5, 0.6) is 11.5 Å². The highest BCUT2D eigenvalue weighted by atomic mass is 16.5. The molecule has 4 heteroatoms. The lowest BCUT2D eigenvalue weighted by Gasteiger charge is -2.23. The van der Waals surface area contributed by atoms with E-state index in [-0.39, 0.29) is 6.10 Å². The lowest BCUT2D eigenvalue weighted by atomic mass is 10.1. The average molecular weight is 291 g/mol. The van der Waals surface area contributed by atoms with Crippen LogP contribution in [0.25, 0.3) is 0 Å². The Morgan fingerprint density at radius 2 is 2.10 bits per heavy atom. The Morgan fingerprint density at radius 3 is 2.81 bits per heavy atom. The van der Waals surface area contributed by atoms with Gasteiger partial charge >= 0.3 is 0 Å². The summed E-state index contributed by atoms with van der Waals surface area (Å²) in [7, 11) is 1.69. The highest BCUT2D eigenvalue weighted by Crippen LogP contribution is 2.29. The SMILES string of the molecule is COc1cc(CNC2CC2)ccc1OCC1CCCCO1. The monoisotopic (exact) mass is 291 g/mol. The Kier molecular flexibility index (Phi) is 4.99. The fourth-order valence-electron chi connectivity index (χ4n) is 2.61. The summed E-state index contributed by atoms with van der Waals surface area (Å²) in [5.41, 5.74) is 1.24. The molecule has 0 amide bonds. The van der Waals surface area contributed by atoms with Crippen LogP contribution >= 0.6 is 0 Å². The van der Waals surface area contributed by atoms with E-state index in [0.717, 1.165) is 37.1 Å². The van der Waals surface area contributed by atoms with E-state index in [0.29, 0.717) is 6.61 Å². The van der Waals surface area contributed by atoms with Gasteiger partial charge in [0, 0.05) is 19.2 Å². The zero-order valence-electron chi connectivity index (χ0n) is 12.8. The van der Waals surface area contributed by atoms with Gasteiger partial charge < -0.3 is 19.5 Å². The van der Waals surface area contributed by atoms with E-state index in [2.05, 4.69) is 17.4 Å². The summed E-state index contributed by atoms with van der Waals surface area (Å²) in [6, 6.07) is 6.89. The van der Waals surface area contributed by atoms with Gasteiger partial charge in [-0.1, -0.05) is 6.07 Å². The molecular formula is C17H25NO3. The topological polar surface area (TPSA) is 39.7 Å². The molecule has 0 radical (unpaired) electrons. The number of rotatable bonds is 7. The summed E-state index contributed by atoms with van der Waals surface area (Å²) in [6.07, 6.45) is 6.32. The van der Waals surface area contributed by atoms with Crippen LogP contribution in [-0.2, 0) is 11.3 Å². The van der Waals surface area contributed by atoms with Crippen molar-refractivity contribution >= 4 is 0 Å². The minimum atomic E-state index is 0.222. The maximum Gasteiger partial charge on any atom is 0.161 e. The first-order valence-electron chi connectivity index (χ1n) is 8.00. The first-order valence-corrected chi connectivity index (χ1v) is 8.00. The minimum absolute atomic E-state index is 0.222. The maximum atomic E-state index is 5.89. The molecule has 0 aromatic heterocycles. The summed E-state index contributed by atoms with van der Waals surface area (Å²) >= 11 is 0. The van der Waals surface area contributed by atoms with E-state index in [4.69, 9.17) is 14.2 Å². The molecule has 1 aromatic carbocycles. The summed E-state index contributed by atoms with van der Waals surface area (Å²) in [5, 5.41) is 3.51. The molecule has 1 aromatic rings. The second-order valence-electron chi connectivity index (χ2n) is 5.94. The quantitative estimate of drug-likeness (QED) is 0.838. The van der Waals surface area contributed by atoms with Gasteiger partial charge in [-0.25, -0.2) is 0 Å². The summed E-state index contributed by atoms with van der Waals surface area (Å²) in [6.45, 7) is 2.36. The molecule has 0 bridgehead atoms. The third-order valence-electron chi connectivity index (χ3n) is 4.10. The Hall–Kier alpha value is -1.26. The van der Waals surface area contributed by atoms with Gasteiger partial charge in [-0.05, 0) is 49.8 Å². The Morgan fingerprint density at radius 1 is 1.19 bits per heavy atom. The van der Waals surface area contributed by atoms with E-state index in [9.17, 15) is 0 Å². The number of benzene rings is 1. The number of hydrogen-bond acceptors (Lipinski definition) is 4. The number of ether oxygens (including phenoxy) is 3. The van der Waals surface area contributed by atoms with Gasteiger partial charge in [-0.3, -0.25) is 0 Å². The molecule has 1 aliphatic heterocycles. The predicted octanol–water partition coefficient (Wildman–Crippen LogP) is 2.90. The van der Waals surface area contributed by atoms with Gasteiger partial charge in [0.2, 0.25) is 0 Å². The second kappa shape index (κ2) is 7.14. The van der Waals surface area contributed by atoms with Crippen molar-refractivity contribution in [1.82, 2.24) is 5.32 Å². The Bertz CT molecular complexity index is 453. The largest absolute Gasteiger partial charge is 0.493 e. The smallest absolute Gasteiger partial charge is 0.161 e. The number of nitrogens with one attached hydrogen (secondary N) is 1. The van der Waals surface area contributed by atoms with Crippen molar-refractivity contribution in [2.24, 2.45) is 0 Å². The molecule has 116 valence electrons. The lowest BCUT2D eigenvalue weighted by molar-refractivity contribution is -0.0114. The first-order chi connectivity index (χ1) is 10.3. The minimum Gasteiger partial charge on any atom is -0.493 e. The van der Waals surface area contributed by atoms with E-state index >= 15 is 0 Å². The first kappa shape index (κ1) is 14.7. The van der Waals surface area contributed by atoms with Crippen LogP contribution in [0.15, 0.2) is 18.2 Å². The fourth-order valence-corrected chi connectivity index (χ4v) is 2.61. The highest BCUT2D eigenvalue weighted by molar-refractivity contribution is 5.43. The third-order valence-corrected chi connectivity index (χ3v) is 4.10. The Balaban J connectivity index is 1.55. The van der Waals surface area contributed by atoms with Gasteiger partial charge in [-0.2, -0.15) is 0 Å². The highest BCUT2D eigenvalue weighted by Gasteiger charge is 2.20. The molecule has 1 saturated heterocycles. The van der Waals surface area contributed by atoms with Crippen LogP contribution in [0.4, 0.5) is 0 Å². The van der Waals surface area contributed by atoms with Crippen molar-refractivity contribution in [2.45, 2.75) is 50.8 Å². The molecule has 1 N–H and O–H groups in total. The van der Waals surface area contributed by atoms with Gasteiger partial charge in [0.05, 0.1) is 13.2 Å². The molecule has 3 rings (SSSR count). The van der Waals surface area contributed by atoms with Crippen molar-refractivity contribution in [1.29, 1.82) is 0 Å². The summed E-state index contributed by atoms with van der Waals surface area (Å²) in [4.78, 5) is 0. The van der Waals surface area contributed by atoms with Crippen LogP contribution in [0, 0.1) is 0 Å². The molecule has 1 saturated carbocycles. The van der Waals surface area contributed by atoms with E-state index < -0.39 is 0 Å². The Labute approximate surface area is 126 Å². The predicted molar refractivity (Wildman–Crippen MR) is 81.9 cm³/mol. The fraction of sp³-hybridized carbons (Fsp3) is 0.647. The van der Waals surface area contributed by atoms with Crippen molar-refractivity contribution in [3.8, 4) is 11.5 Å². The van der Waals surface area contributed by atoms with Crippen molar-refractivity contribution < 1.29 is 14.2 Å². The normalized spacial score (nSPS) is 22.0. The van der Waals surface area contributed by atoms with Gasteiger partial charge in [0.15, 0.2) is 11.5 Å². The van der Waals surface area contributed by atoms with Crippen LogP contribution < -0.4 is 14.8 Å². The van der Waals surface area contributed by atoms with Crippen LogP contribution in [-0.4, -0.2) is 32.5 Å². The molecule has 2 fully saturated rings. The van der Waals surface area contributed by atoms with Crippen LogP contribution in [0.2, 0.25) is 0 Å². The maximum absolute atomic E-state index is 5.89. The van der Waals surface area contributed by atoms with E-state index in [1.807, 2.05) is 6.07 Å². The third kappa shape index (κ3) is 4.35. The van der Waals surface area contributed by atoms with E-state index in [1.165, 1.54) is 31.2 Å². The second-order valence-corrected chi connectivity index (χ2v) is 5.94. The molecule has 1 heterocycles. The molecule has 1 aliphatic carbocycles. The standard InChI is InChI=1S/C17H25NO3/c1-19-17-10-13(11-18-14-6-7-14)5-8-16(17)21-12-15-4-2-3-9-20-15/h5,8,10,14-15,18H,2-4,6-7,9,11-12H2,1H3. The van der Waals surface area contributed by atoms with Crippen molar-refractivity contribution in [2.75, 3.05) is 20.3 Å². The number of methoxy groups -OCH3 is 1. The van der Waals surface area contributed by atoms with Gasteiger partial charge in [0.25, 0.3) is 0 Å². The van der Waals surface area contributed by atoms with Gasteiger partial charge in [-0.15, -0.1) is 0 Å². The van der Waals surface area contributed by atoms with Crippen LogP contribution in [0.1, 0.15) is 37.7 Å². The van der Waals surface area contributed by atoms with Crippen LogP contribution in [0.3, 0.4) is 0 Å². The zero-order chi connectivity index (χ0) is 14.5. The van der Waals surface area contributed by atoms with Crippen molar-refractivity contribution in [3.63, 3.8) is 0 Å². The van der Waals surface area contributed by atoms with Crippen molar-refractivity contribution in [3.05, 3.63) is 23.8 Å². The lowest BCUT2D eigenvalue weighted by Crippen LogP contribution is -2.25. The molecule has 0 spiro atoms. The molecule has 1 unspecified atom stereocenters. The summed E-state index contributed by atoms with van der Waals surface area (Å²) in [5.74, 6) is 1.61.